The van der Waals surface area contributed by atoms with Crippen molar-refractivity contribution in [3.8, 4) is 12.3 Å². The van der Waals surface area contributed by atoms with E-state index in [1.807, 2.05) is 28.9 Å². The van der Waals surface area contributed by atoms with Crippen LogP contribution in [0.3, 0.4) is 0 Å². The summed E-state index contributed by atoms with van der Waals surface area (Å²) in [5.74, 6) is 2.51. The molecule has 0 spiro atoms. The third kappa shape index (κ3) is 2.30. The van der Waals surface area contributed by atoms with Crippen molar-refractivity contribution in [3.63, 3.8) is 0 Å². The first-order valence-corrected chi connectivity index (χ1v) is 4.95. The highest BCUT2D eigenvalue weighted by atomic mass is 35.5. The third-order valence-electron chi connectivity index (χ3n) is 2.00. The SMILES string of the molecule is C#CCNCc1cn2cc(Cl)ccc2n1. The summed E-state index contributed by atoms with van der Waals surface area (Å²) in [6.07, 6.45) is 8.90. The van der Waals surface area contributed by atoms with Crippen LogP contribution in [0.1, 0.15) is 5.69 Å². The maximum absolute atomic E-state index is 5.86. The Kier molecular flexibility index (Phi) is 2.91. The molecule has 0 atom stereocenters. The first-order chi connectivity index (χ1) is 7.29. The molecule has 0 aliphatic rings. The van der Waals surface area contributed by atoms with Gasteiger partial charge >= 0.3 is 0 Å². The molecule has 0 saturated heterocycles. The van der Waals surface area contributed by atoms with Gasteiger partial charge in [0.05, 0.1) is 17.3 Å². The molecule has 3 nitrogen and oxygen atoms in total. The molecule has 0 radical (unpaired) electrons. The molecular weight excluding hydrogens is 210 g/mol. The number of terminal acetylenes is 1. The number of hydrogen-bond acceptors (Lipinski definition) is 2. The van der Waals surface area contributed by atoms with Gasteiger partial charge in [-0.05, 0) is 12.1 Å². The van der Waals surface area contributed by atoms with Crippen LogP contribution in [0.5, 0.6) is 0 Å². The van der Waals surface area contributed by atoms with E-state index in [0.29, 0.717) is 18.1 Å². The zero-order valence-electron chi connectivity index (χ0n) is 8.07. The van der Waals surface area contributed by atoms with Crippen LogP contribution in [0.4, 0.5) is 0 Å². The Balaban J connectivity index is 2.20. The van der Waals surface area contributed by atoms with Gasteiger partial charge in [-0.25, -0.2) is 4.98 Å². The molecule has 0 unspecified atom stereocenters. The summed E-state index contributed by atoms with van der Waals surface area (Å²) in [6.45, 7) is 1.22. The number of imidazole rings is 1. The van der Waals surface area contributed by atoms with Gasteiger partial charge in [0.15, 0.2) is 0 Å². The molecule has 0 aliphatic carbocycles. The van der Waals surface area contributed by atoms with Crippen molar-refractivity contribution in [2.24, 2.45) is 0 Å². The first kappa shape index (κ1) is 10.0. The first-order valence-electron chi connectivity index (χ1n) is 4.57. The van der Waals surface area contributed by atoms with Gasteiger partial charge in [-0.1, -0.05) is 17.5 Å². The second-order valence-electron chi connectivity index (χ2n) is 3.15. The molecule has 4 heteroatoms. The van der Waals surface area contributed by atoms with E-state index in [-0.39, 0.29) is 0 Å². The fourth-order valence-electron chi connectivity index (χ4n) is 1.37. The smallest absolute Gasteiger partial charge is 0.137 e. The van der Waals surface area contributed by atoms with Crippen LogP contribution < -0.4 is 5.32 Å². The molecule has 2 aromatic heterocycles. The van der Waals surface area contributed by atoms with Gasteiger partial charge < -0.3 is 9.72 Å². The Labute approximate surface area is 93.1 Å². The lowest BCUT2D eigenvalue weighted by Gasteiger charge is -1.93. The van der Waals surface area contributed by atoms with Crippen LogP contribution in [-0.4, -0.2) is 15.9 Å². The second-order valence-corrected chi connectivity index (χ2v) is 3.59. The summed E-state index contributed by atoms with van der Waals surface area (Å²) in [6, 6.07) is 3.70. The molecule has 2 heterocycles. The Hall–Kier alpha value is -1.50. The number of fused-ring (bicyclic) bond motifs is 1. The normalized spacial score (nSPS) is 10.4. The summed E-state index contributed by atoms with van der Waals surface area (Å²) in [7, 11) is 0. The van der Waals surface area contributed by atoms with Crippen molar-refractivity contribution in [2.45, 2.75) is 6.54 Å². The topological polar surface area (TPSA) is 29.3 Å². The van der Waals surface area contributed by atoms with Gasteiger partial charge in [0.2, 0.25) is 0 Å². The Morgan fingerprint density at radius 3 is 3.13 bits per heavy atom. The van der Waals surface area contributed by atoms with Gasteiger partial charge in [0.1, 0.15) is 5.65 Å². The fourth-order valence-corrected chi connectivity index (χ4v) is 1.53. The van der Waals surface area contributed by atoms with E-state index in [1.54, 1.807) is 0 Å². The molecular formula is C11H10ClN3. The van der Waals surface area contributed by atoms with E-state index >= 15 is 0 Å². The van der Waals surface area contributed by atoms with E-state index in [4.69, 9.17) is 18.0 Å². The lowest BCUT2D eigenvalue weighted by molar-refractivity contribution is 0.754. The zero-order valence-corrected chi connectivity index (χ0v) is 8.83. The lowest BCUT2D eigenvalue weighted by atomic mass is 10.4. The average Bonchev–Trinajstić information content (AvgIpc) is 2.60. The van der Waals surface area contributed by atoms with E-state index < -0.39 is 0 Å². The summed E-state index contributed by atoms with van der Waals surface area (Å²) in [4.78, 5) is 4.40. The molecule has 15 heavy (non-hydrogen) atoms. The highest BCUT2D eigenvalue weighted by molar-refractivity contribution is 6.30. The number of pyridine rings is 1. The summed E-state index contributed by atoms with van der Waals surface area (Å²) < 4.78 is 1.90. The molecule has 0 saturated carbocycles. The van der Waals surface area contributed by atoms with Gasteiger partial charge in [0.25, 0.3) is 0 Å². The van der Waals surface area contributed by atoms with Gasteiger partial charge in [-0.2, -0.15) is 0 Å². The summed E-state index contributed by atoms with van der Waals surface area (Å²) in [5.41, 5.74) is 1.84. The maximum Gasteiger partial charge on any atom is 0.137 e. The summed E-state index contributed by atoms with van der Waals surface area (Å²) in [5, 5.41) is 3.78. The Bertz CT molecular complexity index is 510. The molecule has 0 bridgehead atoms. The third-order valence-corrected chi connectivity index (χ3v) is 2.22. The quantitative estimate of drug-likeness (QED) is 0.629. The molecule has 0 fully saturated rings. The van der Waals surface area contributed by atoms with Crippen LogP contribution in [0.2, 0.25) is 5.02 Å². The lowest BCUT2D eigenvalue weighted by Crippen LogP contribution is -2.13. The largest absolute Gasteiger partial charge is 0.305 e. The standard InChI is InChI=1S/C11H10ClN3/c1-2-5-13-6-10-8-15-7-9(12)3-4-11(15)14-10/h1,3-4,7-8,13H,5-6H2. The van der Waals surface area contributed by atoms with Crippen molar-refractivity contribution in [1.82, 2.24) is 14.7 Å². The average molecular weight is 220 g/mol. The molecule has 76 valence electrons. The second kappa shape index (κ2) is 4.35. The van der Waals surface area contributed by atoms with Crippen LogP contribution in [-0.2, 0) is 6.54 Å². The molecule has 0 aromatic carbocycles. The van der Waals surface area contributed by atoms with E-state index in [0.717, 1.165) is 11.3 Å². The van der Waals surface area contributed by atoms with Crippen LogP contribution in [0.25, 0.3) is 5.65 Å². The van der Waals surface area contributed by atoms with Crippen LogP contribution >= 0.6 is 11.6 Å². The molecule has 2 aromatic rings. The van der Waals surface area contributed by atoms with E-state index in [1.165, 1.54) is 0 Å². The predicted octanol–water partition coefficient (Wildman–Crippen LogP) is 1.71. The number of hydrogen-bond donors (Lipinski definition) is 1. The highest BCUT2D eigenvalue weighted by Gasteiger charge is 2.00. The number of nitrogens with zero attached hydrogens (tertiary/aromatic N) is 2. The zero-order chi connectivity index (χ0) is 10.7. The minimum absolute atomic E-state index is 0.550. The molecule has 1 N–H and O–H groups in total. The maximum atomic E-state index is 5.86. The van der Waals surface area contributed by atoms with Crippen molar-refractivity contribution >= 4 is 17.2 Å². The van der Waals surface area contributed by atoms with Gasteiger partial charge in [-0.3, -0.25) is 0 Å². The van der Waals surface area contributed by atoms with Crippen molar-refractivity contribution in [2.75, 3.05) is 6.54 Å². The van der Waals surface area contributed by atoms with Crippen molar-refractivity contribution in [1.29, 1.82) is 0 Å². The number of halogens is 1. The number of nitrogens with one attached hydrogen (secondary N) is 1. The fraction of sp³-hybridized carbons (Fsp3) is 0.182. The monoisotopic (exact) mass is 219 g/mol. The highest BCUT2D eigenvalue weighted by Crippen LogP contribution is 2.11. The molecule has 2 rings (SSSR count). The van der Waals surface area contributed by atoms with Crippen molar-refractivity contribution in [3.05, 3.63) is 35.2 Å². The predicted molar refractivity (Wildman–Crippen MR) is 60.7 cm³/mol. The minimum Gasteiger partial charge on any atom is -0.305 e. The Morgan fingerprint density at radius 2 is 2.33 bits per heavy atom. The number of rotatable bonds is 3. The Morgan fingerprint density at radius 1 is 1.47 bits per heavy atom. The molecule has 0 aliphatic heterocycles. The summed E-state index contributed by atoms with van der Waals surface area (Å²) >= 11 is 5.86. The molecule has 0 amide bonds. The van der Waals surface area contributed by atoms with Gasteiger partial charge in [-0.15, -0.1) is 6.42 Å². The van der Waals surface area contributed by atoms with E-state index in [2.05, 4.69) is 16.2 Å². The van der Waals surface area contributed by atoms with Crippen molar-refractivity contribution < 1.29 is 0 Å². The number of aromatic nitrogens is 2. The minimum atomic E-state index is 0.550. The van der Waals surface area contributed by atoms with Crippen LogP contribution in [0.15, 0.2) is 24.5 Å². The van der Waals surface area contributed by atoms with Crippen LogP contribution in [0, 0.1) is 12.3 Å². The van der Waals surface area contributed by atoms with Gasteiger partial charge in [0, 0.05) is 18.9 Å². The van der Waals surface area contributed by atoms with E-state index in [9.17, 15) is 0 Å².